The van der Waals surface area contributed by atoms with E-state index in [9.17, 15) is 4.79 Å². The van der Waals surface area contributed by atoms with Gasteiger partial charge in [0.1, 0.15) is 6.33 Å². The first-order chi connectivity index (χ1) is 9.11. The van der Waals surface area contributed by atoms with Gasteiger partial charge in [-0.15, -0.1) is 10.2 Å². The van der Waals surface area contributed by atoms with Gasteiger partial charge in [0.25, 0.3) is 5.91 Å². The second-order valence-corrected chi connectivity index (χ2v) is 5.59. The van der Waals surface area contributed by atoms with Crippen LogP contribution >= 0.6 is 27.7 Å². The second kappa shape index (κ2) is 6.18. The number of benzene rings is 1. The van der Waals surface area contributed by atoms with Crippen LogP contribution < -0.4 is 11.3 Å². The number of carbonyl (C=O) groups is 1. The number of nitrogens with two attached hydrogens (primary N) is 1. The third-order valence-electron chi connectivity index (χ3n) is 2.47. The largest absolute Gasteiger partial charge is 0.312 e. The van der Waals surface area contributed by atoms with Gasteiger partial charge >= 0.3 is 0 Å². The fourth-order valence-corrected chi connectivity index (χ4v) is 3.03. The number of amides is 1. The van der Waals surface area contributed by atoms with Gasteiger partial charge in [-0.3, -0.25) is 10.2 Å². The molecule has 0 atom stereocenters. The zero-order valence-corrected chi connectivity index (χ0v) is 12.5. The van der Waals surface area contributed by atoms with Crippen molar-refractivity contribution in [2.45, 2.75) is 10.9 Å². The zero-order chi connectivity index (χ0) is 13.8. The van der Waals surface area contributed by atoms with Crippen LogP contribution in [-0.4, -0.2) is 20.7 Å². The highest BCUT2D eigenvalue weighted by molar-refractivity contribution is 9.10. The van der Waals surface area contributed by atoms with Crippen molar-refractivity contribution in [2.24, 2.45) is 12.9 Å². The van der Waals surface area contributed by atoms with Crippen LogP contribution in [0.5, 0.6) is 0 Å². The number of halogens is 1. The van der Waals surface area contributed by atoms with Crippen molar-refractivity contribution in [3.63, 3.8) is 0 Å². The average Bonchev–Trinajstić information content (AvgIpc) is 2.82. The molecule has 100 valence electrons. The van der Waals surface area contributed by atoms with Crippen LogP contribution in [0, 0.1) is 0 Å². The number of hydrazine groups is 1. The Morgan fingerprint density at radius 2 is 2.37 bits per heavy atom. The summed E-state index contributed by atoms with van der Waals surface area (Å²) in [5.74, 6) is 5.52. The fourth-order valence-electron chi connectivity index (χ4n) is 1.43. The number of carbonyl (C=O) groups excluding carboxylic acids is 1. The number of nitrogens with one attached hydrogen (secondary N) is 1. The van der Waals surface area contributed by atoms with Crippen LogP contribution in [0.1, 0.15) is 15.9 Å². The number of hydrogen-bond acceptors (Lipinski definition) is 5. The van der Waals surface area contributed by atoms with E-state index in [1.165, 1.54) is 0 Å². The van der Waals surface area contributed by atoms with Gasteiger partial charge in [0.15, 0.2) is 5.16 Å². The van der Waals surface area contributed by atoms with Crippen molar-refractivity contribution in [2.75, 3.05) is 0 Å². The van der Waals surface area contributed by atoms with E-state index < -0.39 is 0 Å². The molecule has 1 aromatic heterocycles. The van der Waals surface area contributed by atoms with Gasteiger partial charge < -0.3 is 4.57 Å². The van der Waals surface area contributed by atoms with Crippen molar-refractivity contribution < 1.29 is 4.79 Å². The number of nitrogens with zero attached hydrogens (tertiary/aromatic N) is 3. The molecule has 0 aliphatic rings. The average molecular weight is 342 g/mol. The predicted octanol–water partition coefficient (Wildman–Crippen LogP) is 1.47. The van der Waals surface area contributed by atoms with Gasteiger partial charge in [-0.05, 0) is 17.7 Å². The molecule has 19 heavy (non-hydrogen) atoms. The van der Waals surface area contributed by atoms with Gasteiger partial charge in [-0.1, -0.05) is 33.8 Å². The highest BCUT2D eigenvalue weighted by Crippen LogP contribution is 2.26. The third-order valence-corrected chi connectivity index (χ3v) is 4.29. The van der Waals surface area contributed by atoms with Gasteiger partial charge in [0.2, 0.25) is 0 Å². The number of hydrogen-bond donors (Lipinski definition) is 2. The summed E-state index contributed by atoms with van der Waals surface area (Å²) in [4.78, 5) is 11.4. The lowest BCUT2D eigenvalue weighted by Crippen LogP contribution is -2.29. The molecule has 3 N–H and O–H groups in total. The summed E-state index contributed by atoms with van der Waals surface area (Å²) in [6, 6.07) is 5.37. The summed E-state index contributed by atoms with van der Waals surface area (Å²) in [6.07, 6.45) is 1.66. The first-order valence-corrected chi connectivity index (χ1v) is 7.16. The van der Waals surface area contributed by atoms with Crippen molar-refractivity contribution in [1.29, 1.82) is 0 Å². The van der Waals surface area contributed by atoms with Crippen LogP contribution in [0.25, 0.3) is 0 Å². The summed E-state index contributed by atoms with van der Waals surface area (Å²) in [5.41, 5.74) is 3.69. The molecule has 0 aliphatic heterocycles. The number of thioether (sulfide) groups is 1. The SMILES string of the molecule is Cn1cnnc1SCc1ccc(C(=O)NN)cc1Br. The molecular formula is C11H12BrN5OS. The molecule has 0 unspecified atom stereocenters. The van der Waals surface area contributed by atoms with Gasteiger partial charge in [0.05, 0.1) is 0 Å². The van der Waals surface area contributed by atoms with Crippen molar-refractivity contribution in [3.8, 4) is 0 Å². The Bertz CT molecular complexity index is 601. The van der Waals surface area contributed by atoms with E-state index in [4.69, 9.17) is 5.84 Å². The molecule has 0 saturated carbocycles. The quantitative estimate of drug-likeness (QED) is 0.380. The first-order valence-electron chi connectivity index (χ1n) is 5.38. The molecule has 8 heteroatoms. The van der Waals surface area contributed by atoms with Crippen LogP contribution in [0.15, 0.2) is 34.2 Å². The Balaban J connectivity index is 2.09. The molecule has 0 aliphatic carbocycles. The molecule has 1 heterocycles. The molecule has 0 bridgehead atoms. The standard InChI is InChI=1S/C11H12BrN5OS/c1-17-6-14-16-11(17)19-5-8-3-2-7(4-9(8)12)10(18)15-13/h2-4,6H,5,13H2,1H3,(H,15,18). The zero-order valence-electron chi connectivity index (χ0n) is 10.1. The smallest absolute Gasteiger partial charge is 0.265 e. The number of aromatic nitrogens is 3. The minimum atomic E-state index is -0.312. The van der Waals surface area contributed by atoms with E-state index in [1.807, 2.05) is 17.7 Å². The maximum atomic E-state index is 11.4. The molecule has 1 amide bonds. The maximum absolute atomic E-state index is 11.4. The van der Waals surface area contributed by atoms with Crippen LogP contribution in [-0.2, 0) is 12.8 Å². The summed E-state index contributed by atoms with van der Waals surface area (Å²) in [6.45, 7) is 0. The first kappa shape index (κ1) is 14.0. The van der Waals surface area contributed by atoms with Gasteiger partial charge in [0, 0.05) is 22.8 Å². The Kier molecular flexibility index (Phi) is 4.56. The number of nitrogen functional groups attached to an aromatic ring is 1. The predicted molar refractivity (Wildman–Crippen MR) is 76.4 cm³/mol. The molecule has 0 radical (unpaired) electrons. The summed E-state index contributed by atoms with van der Waals surface area (Å²) < 4.78 is 2.72. The minimum absolute atomic E-state index is 0.312. The molecule has 6 nitrogen and oxygen atoms in total. The van der Waals surface area contributed by atoms with Crippen molar-refractivity contribution in [1.82, 2.24) is 20.2 Å². The van der Waals surface area contributed by atoms with Crippen LogP contribution in [0.2, 0.25) is 0 Å². The molecule has 0 spiro atoms. The highest BCUT2D eigenvalue weighted by atomic mass is 79.9. The molecule has 0 saturated heterocycles. The van der Waals surface area contributed by atoms with E-state index in [0.717, 1.165) is 20.9 Å². The lowest BCUT2D eigenvalue weighted by atomic mass is 10.1. The molecule has 1 aromatic carbocycles. The van der Waals surface area contributed by atoms with Crippen molar-refractivity contribution >= 4 is 33.6 Å². The fraction of sp³-hybridized carbons (Fsp3) is 0.182. The lowest BCUT2D eigenvalue weighted by Gasteiger charge is -2.06. The number of aryl methyl sites for hydroxylation is 1. The van der Waals surface area contributed by atoms with E-state index in [0.29, 0.717) is 5.56 Å². The van der Waals surface area contributed by atoms with Gasteiger partial charge in [-0.2, -0.15) is 0 Å². The summed E-state index contributed by atoms with van der Waals surface area (Å²) in [5, 5.41) is 8.66. The van der Waals surface area contributed by atoms with Gasteiger partial charge in [-0.25, -0.2) is 5.84 Å². The monoisotopic (exact) mass is 341 g/mol. The van der Waals surface area contributed by atoms with E-state index in [1.54, 1.807) is 30.2 Å². The normalized spacial score (nSPS) is 10.5. The molecule has 0 fully saturated rings. The Morgan fingerprint density at radius 1 is 1.58 bits per heavy atom. The minimum Gasteiger partial charge on any atom is -0.312 e. The molecule has 2 aromatic rings. The number of rotatable bonds is 4. The van der Waals surface area contributed by atoms with Crippen LogP contribution in [0.3, 0.4) is 0 Å². The Labute approximate surface area is 122 Å². The maximum Gasteiger partial charge on any atom is 0.265 e. The molecule has 2 rings (SSSR count). The third kappa shape index (κ3) is 3.34. The van der Waals surface area contributed by atoms with E-state index in [2.05, 4.69) is 31.6 Å². The summed E-state index contributed by atoms with van der Waals surface area (Å²) in [7, 11) is 1.89. The Morgan fingerprint density at radius 3 is 2.95 bits per heavy atom. The Hall–Kier alpha value is -1.38. The summed E-state index contributed by atoms with van der Waals surface area (Å²) >= 11 is 5.03. The molecular weight excluding hydrogens is 330 g/mol. The lowest BCUT2D eigenvalue weighted by molar-refractivity contribution is 0.0953. The topological polar surface area (TPSA) is 85.8 Å². The van der Waals surface area contributed by atoms with Crippen LogP contribution in [0.4, 0.5) is 0 Å². The van der Waals surface area contributed by atoms with Crippen molar-refractivity contribution in [3.05, 3.63) is 40.1 Å². The second-order valence-electron chi connectivity index (χ2n) is 3.79. The van der Waals surface area contributed by atoms with E-state index >= 15 is 0 Å². The van der Waals surface area contributed by atoms with E-state index in [-0.39, 0.29) is 5.91 Å². The highest BCUT2D eigenvalue weighted by Gasteiger charge is 2.09.